The molecule has 1 amide bonds. The summed E-state index contributed by atoms with van der Waals surface area (Å²) >= 11 is 8.22. The highest BCUT2D eigenvalue weighted by atomic mass is 35.5. The van der Waals surface area contributed by atoms with Gasteiger partial charge in [-0.3, -0.25) is 9.56 Å². The zero-order valence-corrected chi connectivity index (χ0v) is 19.0. The van der Waals surface area contributed by atoms with Crippen LogP contribution < -0.4 is 0 Å². The molecule has 0 aliphatic carbocycles. The van der Waals surface area contributed by atoms with Crippen molar-refractivity contribution in [2.24, 2.45) is 4.99 Å². The highest BCUT2D eigenvalue weighted by Gasteiger charge is 2.33. The molecule has 0 spiro atoms. The largest absolute Gasteiger partial charge is 0.448 e. The first-order valence-corrected chi connectivity index (χ1v) is 11.5. The molecule has 0 radical (unpaired) electrons. The summed E-state index contributed by atoms with van der Waals surface area (Å²) in [6.07, 6.45) is 6.02. The minimum absolute atomic E-state index is 0.228. The van der Waals surface area contributed by atoms with E-state index < -0.39 is 0 Å². The second-order valence-electron chi connectivity index (χ2n) is 7.57. The van der Waals surface area contributed by atoms with Gasteiger partial charge < -0.3 is 9.64 Å². The molecule has 5 rings (SSSR count). The highest BCUT2D eigenvalue weighted by molar-refractivity contribution is 7.15. The summed E-state index contributed by atoms with van der Waals surface area (Å²) in [5.74, 6) is 4.08. The van der Waals surface area contributed by atoms with E-state index in [4.69, 9.17) is 27.8 Å². The average molecular weight is 466 g/mol. The van der Waals surface area contributed by atoms with Gasteiger partial charge in [0.25, 0.3) is 0 Å². The third kappa shape index (κ3) is 3.48. The molecule has 0 bridgehead atoms. The topological polar surface area (TPSA) is 72.6 Å². The van der Waals surface area contributed by atoms with Gasteiger partial charge in [0.05, 0.1) is 12.3 Å². The van der Waals surface area contributed by atoms with E-state index in [0.717, 1.165) is 38.4 Å². The lowest BCUT2D eigenvalue weighted by Crippen LogP contribution is -2.36. The Morgan fingerprint density at radius 3 is 3.00 bits per heavy atom. The fraction of sp³-hybridized carbons (Fsp3) is 0.304. The number of aliphatic imine (C=N–C) groups is 1. The molecule has 7 nitrogen and oxygen atoms in total. The lowest BCUT2D eigenvalue weighted by molar-refractivity contribution is 0.100. The number of fused-ring (bicyclic) bond motifs is 5. The third-order valence-corrected chi connectivity index (χ3v) is 7.14. The number of benzene rings is 1. The number of nitrogens with zero attached hydrogens (tertiary/aromatic N) is 5. The van der Waals surface area contributed by atoms with Crippen molar-refractivity contribution >= 4 is 34.7 Å². The Morgan fingerprint density at radius 1 is 1.34 bits per heavy atom. The summed E-state index contributed by atoms with van der Waals surface area (Å²) < 4.78 is 7.38. The van der Waals surface area contributed by atoms with Crippen molar-refractivity contribution in [2.45, 2.75) is 32.9 Å². The molecule has 162 valence electrons. The molecule has 0 saturated heterocycles. The van der Waals surface area contributed by atoms with E-state index in [0.29, 0.717) is 37.5 Å². The summed E-state index contributed by atoms with van der Waals surface area (Å²) in [6.45, 7) is 3.63. The number of thiophene rings is 1. The Hall–Kier alpha value is -3.15. The minimum Gasteiger partial charge on any atom is -0.448 e. The van der Waals surface area contributed by atoms with Gasteiger partial charge in [-0.2, -0.15) is 0 Å². The zero-order valence-electron chi connectivity index (χ0n) is 17.5. The first-order valence-electron chi connectivity index (χ1n) is 10.3. The maximum absolute atomic E-state index is 12.5. The molecule has 0 fully saturated rings. The van der Waals surface area contributed by atoms with Crippen LogP contribution >= 0.6 is 22.9 Å². The van der Waals surface area contributed by atoms with Gasteiger partial charge in [0.15, 0.2) is 5.82 Å². The molecule has 2 aromatic heterocycles. The monoisotopic (exact) mass is 465 g/mol. The number of hydrogen-bond donors (Lipinski definition) is 0. The fourth-order valence-corrected chi connectivity index (χ4v) is 5.77. The highest BCUT2D eigenvalue weighted by Crippen LogP contribution is 2.40. The van der Waals surface area contributed by atoms with E-state index >= 15 is 0 Å². The summed E-state index contributed by atoms with van der Waals surface area (Å²) in [5, 5.41) is 10.3. The van der Waals surface area contributed by atoms with Gasteiger partial charge in [-0.15, -0.1) is 33.9 Å². The first kappa shape index (κ1) is 20.7. The summed E-state index contributed by atoms with van der Waals surface area (Å²) in [5.41, 5.74) is 4.00. The predicted octanol–water partition coefficient (Wildman–Crippen LogP) is 4.16. The quantitative estimate of drug-likeness (QED) is 0.430. The van der Waals surface area contributed by atoms with E-state index in [2.05, 4.69) is 20.7 Å². The predicted molar refractivity (Wildman–Crippen MR) is 124 cm³/mol. The molecule has 2 aliphatic heterocycles. The summed E-state index contributed by atoms with van der Waals surface area (Å²) in [6, 6.07) is 7.75. The molecule has 0 atom stereocenters. The minimum atomic E-state index is -0.337. The second kappa shape index (κ2) is 8.41. The lowest BCUT2D eigenvalue weighted by atomic mass is 9.95. The summed E-state index contributed by atoms with van der Waals surface area (Å²) in [4.78, 5) is 20.3. The molecule has 0 N–H and O–H groups in total. The number of carbonyl (C=O) groups is 1. The van der Waals surface area contributed by atoms with Gasteiger partial charge in [-0.25, -0.2) is 4.79 Å². The number of amides is 1. The third-order valence-electron chi connectivity index (χ3n) is 5.61. The molecule has 9 heteroatoms. The van der Waals surface area contributed by atoms with Crippen molar-refractivity contribution in [1.82, 2.24) is 19.7 Å². The van der Waals surface area contributed by atoms with E-state index in [1.807, 2.05) is 31.2 Å². The zero-order chi connectivity index (χ0) is 22.2. The van der Waals surface area contributed by atoms with Crippen LogP contribution in [0.4, 0.5) is 4.79 Å². The van der Waals surface area contributed by atoms with Crippen LogP contribution in [-0.2, 0) is 24.2 Å². The Labute approximate surface area is 194 Å². The van der Waals surface area contributed by atoms with Crippen LogP contribution in [-0.4, -0.2) is 44.6 Å². The fourth-order valence-electron chi connectivity index (χ4n) is 4.11. The number of rotatable bonds is 3. The second-order valence-corrected chi connectivity index (χ2v) is 9.06. The van der Waals surface area contributed by atoms with Crippen LogP contribution in [0.2, 0.25) is 5.02 Å². The number of carbonyl (C=O) groups excluding carboxylic acids is 1. The molecule has 1 aromatic carbocycles. The average Bonchev–Trinajstić information content (AvgIpc) is 3.30. The number of aryl methyl sites for hydroxylation is 1. The van der Waals surface area contributed by atoms with Gasteiger partial charge in [0, 0.05) is 34.0 Å². The van der Waals surface area contributed by atoms with Crippen molar-refractivity contribution in [3.8, 4) is 17.3 Å². The molecule has 32 heavy (non-hydrogen) atoms. The van der Waals surface area contributed by atoms with Crippen molar-refractivity contribution in [3.63, 3.8) is 0 Å². The van der Waals surface area contributed by atoms with Crippen molar-refractivity contribution in [3.05, 3.63) is 62.5 Å². The molecule has 2 aliphatic rings. The molecular weight excluding hydrogens is 446 g/mol. The van der Waals surface area contributed by atoms with Gasteiger partial charge >= 0.3 is 6.09 Å². The van der Waals surface area contributed by atoms with Gasteiger partial charge in [0.2, 0.25) is 0 Å². The number of aromatic nitrogens is 3. The lowest BCUT2D eigenvalue weighted by Gasteiger charge is -2.26. The van der Waals surface area contributed by atoms with E-state index in [1.165, 1.54) is 5.56 Å². The number of hydrogen-bond acceptors (Lipinski definition) is 6. The maximum Gasteiger partial charge on any atom is 0.410 e. The Morgan fingerprint density at radius 2 is 2.19 bits per heavy atom. The van der Waals surface area contributed by atoms with Crippen LogP contribution in [0.3, 0.4) is 0 Å². The Kier molecular flexibility index (Phi) is 5.45. The van der Waals surface area contributed by atoms with E-state index in [-0.39, 0.29) is 12.7 Å². The van der Waals surface area contributed by atoms with Crippen molar-refractivity contribution < 1.29 is 9.53 Å². The maximum atomic E-state index is 12.5. The Bertz CT molecular complexity index is 1290. The Balaban J connectivity index is 1.59. The standard InChI is InChI=1S/C23H20ClN5O2S/c1-3-4-11-31-23(30)28-10-9-16-18(13-28)32-22-20(16)21(15-7-5-6-8-17(15)24)25-12-19-27-26-14(2)29(19)22/h1,5-8H,4,9-13H2,2H3. The molecule has 3 aromatic rings. The van der Waals surface area contributed by atoms with Crippen LogP contribution in [0, 0.1) is 19.3 Å². The van der Waals surface area contributed by atoms with Crippen LogP contribution in [0.15, 0.2) is 29.3 Å². The van der Waals surface area contributed by atoms with Crippen LogP contribution in [0.1, 0.15) is 39.6 Å². The molecular formula is C23H20ClN5O2S. The first-order chi connectivity index (χ1) is 15.6. The molecule has 0 saturated carbocycles. The van der Waals surface area contributed by atoms with Gasteiger partial charge in [-0.1, -0.05) is 29.8 Å². The molecule has 0 unspecified atom stereocenters. The summed E-state index contributed by atoms with van der Waals surface area (Å²) in [7, 11) is 0. The molecule has 4 heterocycles. The van der Waals surface area contributed by atoms with Gasteiger partial charge in [-0.05, 0) is 25.0 Å². The van der Waals surface area contributed by atoms with Crippen molar-refractivity contribution in [1.29, 1.82) is 0 Å². The SMILES string of the molecule is C#CCCOC(=O)N1CCc2c(sc3c2C(c2ccccc2Cl)=NCc2nnc(C)n2-3)C1. The number of terminal acetylenes is 1. The normalized spacial score (nSPS) is 14.5. The van der Waals surface area contributed by atoms with Crippen LogP contribution in [0.25, 0.3) is 5.00 Å². The van der Waals surface area contributed by atoms with Gasteiger partial charge in [0.1, 0.15) is 24.0 Å². The van der Waals surface area contributed by atoms with E-state index in [9.17, 15) is 4.79 Å². The van der Waals surface area contributed by atoms with E-state index in [1.54, 1.807) is 16.2 Å². The number of ether oxygens (including phenoxy) is 1. The number of halogens is 1. The smallest absolute Gasteiger partial charge is 0.410 e. The van der Waals surface area contributed by atoms with Crippen LogP contribution in [0.5, 0.6) is 0 Å². The van der Waals surface area contributed by atoms with Crippen molar-refractivity contribution in [2.75, 3.05) is 13.2 Å².